The molecule has 0 saturated carbocycles. The summed E-state index contributed by atoms with van der Waals surface area (Å²) in [4.78, 5) is 11.5. The van der Waals surface area contributed by atoms with Crippen LogP contribution in [0, 0.1) is 0 Å². The number of aromatic nitrogens is 2. The van der Waals surface area contributed by atoms with E-state index in [1.165, 1.54) is 22.6 Å². The first-order valence-electron chi connectivity index (χ1n) is 5.44. The number of thioether (sulfide) groups is 1. The van der Waals surface area contributed by atoms with E-state index in [1.807, 2.05) is 0 Å². The first-order valence-corrected chi connectivity index (χ1v) is 6.59. The van der Waals surface area contributed by atoms with Crippen LogP contribution < -0.4 is 0 Å². The summed E-state index contributed by atoms with van der Waals surface area (Å²) in [6.07, 6.45) is 0.518. The molecular weight excluding hydrogens is 262 g/mol. The topological polar surface area (TPSA) is 44.1 Å². The van der Waals surface area contributed by atoms with Crippen molar-refractivity contribution in [3.63, 3.8) is 0 Å². The summed E-state index contributed by atoms with van der Waals surface area (Å²) in [7, 11) is 0. The first-order chi connectivity index (χ1) is 8.65. The molecule has 0 atom stereocenters. The highest BCUT2D eigenvalue weighted by molar-refractivity contribution is 7.98. The SMILES string of the molecule is CCOC(=O)n1nccc1CSCCC=C(F)F. The molecule has 0 aliphatic heterocycles. The van der Waals surface area contributed by atoms with Crippen molar-refractivity contribution in [2.45, 2.75) is 19.1 Å². The average molecular weight is 276 g/mol. The van der Waals surface area contributed by atoms with Gasteiger partial charge in [0.1, 0.15) is 0 Å². The number of carbonyl (C=O) groups excluding carboxylic acids is 1. The van der Waals surface area contributed by atoms with E-state index in [2.05, 4.69) is 5.10 Å². The maximum absolute atomic E-state index is 11.8. The lowest BCUT2D eigenvalue weighted by Crippen LogP contribution is -2.17. The van der Waals surface area contributed by atoms with Crippen LogP contribution in [0.3, 0.4) is 0 Å². The molecule has 0 spiro atoms. The highest BCUT2D eigenvalue weighted by Gasteiger charge is 2.11. The molecule has 1 aromatic heterocycles. The standard InChI is InChI=1S/C11H14F2N2O2S/c1-2-17-11(16)15-9(5-6-14-15)8-18-7-3-4-10(12)13/h4-6H,2-3,7-8H2,1H3. The summed E-state index contributed by atoms with van der Waals surface area (Å²) in [5, 5.41) is 3.86. The van der Waals surface area contributed by atoms with Crippen LogP contribution in [-0.2, 0) is 10.5 Å². The van der Waals surface area contributed by atoms with Gasteiger partial charge in [-0.3, -0.25) is 0 Å². The molecule has 0 fully saturated rings. The molecule has 18 heavy (non-hydrogen) atoms. The Morgan fingerprint density at radius 2 is 2.39 bits per heavy atom. The number of halogens is 2. The maximum Gasteiger partial charge on any atom is 0.434 e. The minimum Gasteiger partial charge on any atom is -0.448 e. The quantitative estimate of drug-likeness (QED) is 0.748. The van der Waals surface area contributed by atoms with Crippen molar-refractivity contribution in [1.29, 1.82) is 0 Å². The van der Waals surface area contributed by atoms with Crippen molar-refractivity contribution in [1.82, 2.24) is 9.78 Å². The second-order valence-electron chi connectivity index (χ2n) is 3.27. The zero-order valence-electron chi connectivity index (χ0n) is 9.94. The normalized spacial score (nSPS) is 10.2. The lowest BCUT2D eigenvalue weighted by molar-refractivity contribution is 0.149. The minimum absolute atomic E-state index is 0.284. The van der Waals surface area contributed by atoms with Crippen molar-refractivity contribution in [3.05, 3.63) is 30.1 Å². The molecule has 1 aromatic rings. The third-order valence-electron chi connectivity index (χ3n) is 1.97. The van der Waals surface area contributed by atoms with Crippen molar-refractivity contribution in [2.75, 3.05) is 12.4 Å². The van der Waals surface area contributed by atoms with Gasteiger partial charge in [-0.1, -0.05) is 0 Å². The molecule has 1 heterocycles. The first kappa shape index (κ1) is 14.7. The molecule has 0 unspecified atom stereocenters. The molecule has 0 aliphatic rings. The van der Waals surface area contributed by atoms with E-state index < -0.39 is 12.2 Å². The average Bonchev–Trinajstić information content (AvgIpc) is 2.77. The fourth-order valence-electron chi connectivity index (χ4n) is 1.22. The molecule has 0 radical (unpaired) electrons. The number of allylic oxidation sites excluding steroid dienone is 1. The molecule has 0 saturated heterocycles. The Hall–Kier alpha value is -1.37. The zero-order valence-corrected chi connectivity index (χ0v) is 10.8. The van der Waals surface area contributed by atoms with Gasteiger partial charge in [0.25, 0.3) is 6.08 Å². The van der Waals surface area contributed by atoms with Gasteiger partial charge in [0.15, 0.2) is 0 Å². The van der Waals surface area contributed by atoms with Gasteiger partial charge in [0, 0.05) is 11.9 Å². The van der Waals surface area contributed by atoms with E-state index in [1.54, 1.807) is 13.0 Å². The smallest absolute Gasteiger partial charge is 0.434 e. The van der Waals surface area contributed by atoms with Gasteiger partial charge in [-0.15, -0.1) is 0 Å². The number of nitrogens with zero attached hydrogens (tertiary/aromatic N) is 2. The van der Waals surface area contributed by atoms with Gasteiger partial charge in [-0.2, -0.15) is 30.3 Å². The van der Waals surface area contributed by atoms with Crippen LogP contribution in [0.15, 0.2) is 24.4 Å². The lowest BCUT2D eigenvalue weighted by Gasteiger charge is -2.05. The Morgan fingerprint density at radius 1 is 1.61 bits per heavy atom. The van der Waals surface area contributed by atoms with Crippen LogP contribution in [0.2, 0.25) is 0 Å². The summed E-state index contributed by atoms with van der Waals surface area (Å²) in [5.41, 5.74) is 0.697. The molecule has 1 rings (SSSR count). The summed E-state index contributed by atoms with van der Waals surface area (Å²) >= 11 is 1.46. The van der Waals surface area contributed by atoms with Gasteiger partial charge >= 0.3 is 6.09 Å². The van der Waals surface area contributed by atoms with E-state index in [0.717, 1.165) is 6.08 Å². The number of carbonyl (C=O) groups is 1. The van der Waals surface area contributed by atoms with Crippen LogP contribution in [0.4, 0.5) is 13.6 Å². The molecule has 0 N–H and O–H groups in total. The van der Waals surface area contributed by atoms with E-state index in [0.29, 0.717) is 23.6 Å². The molecule has 0 amide bonds. The van der Waals surface area contributed by atoms with Gasteiger partial charge in [0.2, 0.25) is 0 Å². The Morgan fingerprint density at radius 3 is 3.06 bits per heavy atom. The zero-order chi connectivity index (χ0) is 13.4. The van der Waals surface area contributed by atoms with Crippen LogP contribution in [0.1, 0.15) is 19.0 Å². The van der Waals surface area contributed by atoms with Crippen molar-refractivity contribution >= 4 is 17.9 Å². The summed E-state index contributed by atoms with van der Waals surface area (Å²) in [6, 6.07) is 1.70. The van der Waals surface area contributed by atoms with Crippen LogP contribution in [0.5, 0.6) is 0 Å². The van der Waals surface area contributed by atoms with Gasteiger partial charge in [0.05, 0.1) is 12.3 Å². The van der Waals surface area contributed by atoms with Gasteiger partial charge in [-0.05, 0) is 31.2 Å². The van der Waals surface area contributed by atoms with E-state index >= 15 is 0 Å². The molecule has 7 heteroatoms. The van der Waals surface area contributed by atoms with E-state index in [-0.39, 0.29) is 6.61 Å². The monoisotopic (exact) mass is 276 g/mol. The number of hydrogen-bond donors (Lipinski definition) is 0. The number of hydrogen-bond acceptors (Lipinski definition) is 4. The Labute approximate surface area is 108 Å². The van der Waals surface area contributed by atoms with E-state index in [4.69, 9.17) is 4.74 Å². The van der Waals surface area contributed by atoms with Crippen molar-refractivity contribution in [2.24, 2.45) is 0 Å². The minimum atomic E-state index is -1.66. The highest BCUT2D eigenvalue weighted by Crippen LogP contribution is 2.14. The number of ether oxygens (including phenoxy) is 1. The Balaban J connectivity index is 2.41. The van der Waals surface area contributed by atoms with Gasteiger partial charge in [-0.25, -0.2) is 4.79 Å². The third kappa shape index (κ3) is 4.87. The lowest BCUT2D eigenvalue weighted by atomic mass is 10.5. The maximum atomic E-state index is 11.8. The number of rotatable bonds is 6. The largest absolute Gasteiger partial charge is 0.448 e. The molecule has 100 valence electrons. The third-order valence-corrected chi connectivity index (χ3v) is 3.00. The van der Waals surface area contributed by atoms with Crippen LogP contribution in [-0.4, -0.2) is 28.2 Å². The summed E-state index contributed by atoms with van der Waals surface area (Å²) in [5.74, 6) is 1.09. The molecular formula is C11H14F2N2O2S. The Kier molecular flexibility index (Phi) is 6.42. The summed E-state index contributed by atoms with van der Waals surface area (Å²) < 4.78 is 29.5. The van der Waals surface area contributed by atoms with Crippen molar-refractivity contribution < 1.29 is 18.3 Å². The second kappa shape index (κ2) is 7.86. The predicted octanol–water partition coefficient (Wildman–Crippen LogP) is 3.29. The second-order valence-corrected chi connectivity index (χ2v) is 4.37. The molecule has 0 aromatic carbocycles. The predicted molar refractivity (Wildman–Crippen MR) is 65.7 cm³/mol. The fraction of sp³-hybridized carbons (Fsp3) is 0.455. The fourth-order valence-corrected chi connectivity index (χ4v) is 2.07. The highest BCUT2D eigenvalue weighted by atomic mass is 32.2. The van der Waals surface area contributed by atoms with Gasteiger partial charge < -0.3 is 4.74 Å². The summed E-state index contributed by atoms with van der Waals surface area (Å²) in [6.45, 7) is 2.00. The van der Waals surface area contributed by atoms with Crippen LogP contribution >= 0.6 is 11.8 Å². The Bertz CT molecular complexity index is 417. The van der Waals surface area contributed by atoms with Crippen molar-refractivity contribution in [3.8, 4) is 0 Å². The molecule has 4 nitrogen and oxygen atoms in total. The van der Waals surface area contributed by atoms with E-state index in [9.17, 15) is 13.6 Å². The van der Waals surface area contributed by atoms with Crippen LogP contribution in [0.25, 0.3) is 0 Å². The molecule has 0 aliphatic carbocycles. The molecule has 0 bridgehead atoms.